The summed E-state index contributed by atoms with van der Waals surface area (Å²) in [7, 11) is -7.46. The third kappa shape index (κ3) is 14.8. The molecule has 0 spiro atoms. The zero-order valence-corrected chi connectivity index (χ0v) is 37.9. The van der Waals surface area contributed by atoms with Crippen molar-refractivity contribution >= 4 is 34.1 Å². The van der Waals surface area contributed by atoms with E-state index in [-0.39, 0.29) is 44.4 Å². The second kappa shape index (κ2) is 24.8. The molecule has 1 fully saturated rings. The number of nitrogens with two attached hydrogens (primary N) is 2. The summed E-state index contributed by atoms with van der Waals surface area (Å²) in [5.41, 5.74) is 19.6. The summed E-state index contributed by atoms with van der Waals surface area (Å²) in [6.07, 6.45) is 2.56. The number of aryl methyl sites for hydroxylation is 2. The Labute approximate surface area is 381 Å². The molecule has 0 saturated carbocycles. The average Bonchev–Trinajstić information content (AvgIpc) is 3.90. The molecular weight excluding hydrogens is 840 g/mol. The molecular formula is C50H54BN6O5S2. The van der Waals surface area contributed by atoms with Crippen LogP contribution in [0.4, 0.5) is 5.69 Å². The number of hydrogen-bond acceptors (Lipinski definition) is 8. The van der Waals surface area contributed by atoms with Gasteiger partial charge in [0.25, 0.3) is 0 Å². The molecule has 6 aromatic carbocycles. The Balaban J connectivity index is 0.000000249. The van der Waals surface area contributed by atoms with Gasteiger partial charge in [-0.1, -0.05) is 120 Å². The summed E-state index contributed by atoms with van der Waals surface area (Å²) in [5.74, 6) is 0. The molecule has 3 radical (unpaired) electrons. The Bertz CT molecular complexity index is 2620. The van der Waals surface area contributed by atoms with E-state index < -0.39 is 20.0 Å². The minimum absolute atomic E-state index is 0. The first-order valence-corrected chi connectivity index (χ1v) is 23.4. The lowest BCUT2D eigenvalue weighted by molar-refractivity contribution is 0.198. The van der Waals surface area contributed by atoms with Crippen molar-refractivity contribution in [3.8, 4) is 6.07 Å². The van der Waals surface area contributed by atoms with Crippen LogP contribution in [0.5, 0.6) is 0 Å². The lowest BCUT2D eigenvalue weighted by Gasteiger charge is -2.23. The van der Waals surface area contributed by atoms with Crippen molar-refractivity contribution in [2.24, 2.45) is 11.5 Å². The maximum Gasteiger partial charge on any atom is 0.243 e. The third-order valence-electron chi connectivity index (χ3n) is 10.1. The number of rotatable bonds is 14. The van der Waals surface area contributed by atoms with E-state index in [9.17, 15) is 16.8 Å². The van der Waals surface area contributed by atoms with Crippen LogP contribution in [-0.4, -0.2) is 47.1 Å². The number of hydrogen-bond donors (Lipinski definition) is 2. The molecule has 0 bridgehead atoms. The molecule has 14 heteroatoms. The molecule has 1 heterocycles. The number of nitriles is 1. The molecule has 1 aliphatic heterocycles. The van der Waals surface area contributed by atoms with Crippen LogP contribution < -0.4 is 11.5 Å². The Kier molecular flexibility index (Phi) is 19.6. The molecule has 11 nitrogen and oxygen atoms in total. The third-order valence-corrected chi connectivity index (χ3v) is 13.7. The van der Waals surface area contributed by atoms with Gasteiger partial charge in [-0.05, 0) is 96.5 Å². The Morgan fingerprint density at radius 2 is 0.953 bits per heavy atom. The molecule has 0 aromatic heterocycles. The lowest BCUT2D eigenvalue weighted by Crippen LogP contribution is -2.30. The van der Waals surface area contributed by atoms with E-state index in [0.29, 0.717) is 24.3 Å². The predicted molar refractivity (Wildman–Crippen MR) is 254 cm³/mol. The first-order chi connectivity index (χ1) is 30.3. The normalized spacial score (nSPS) is 12.2. The van der Waals surface area contributed by atoms with Crippen molar-refractivity contribution in [1.29, 1.82) is 5.26 Å². The van der Waals surface area contributed by atoms with Crippen molar-refractivity contribution in [3.05, 3.63) is 207 Å². The monoisotopic (exact) mass is 893 g/mol. The SMILES string of the molecule is C1CCOC1.Cc1ccc(S(=O)(=O)N(Cc2cccc(CN)c2)Cc2cccc(CN)c2)cc1.[B].[C-]#[N+]c1cccc(CN(Cc2cccc(C#N)c2)S(=O)(=O)c2ccc(C)cc2)c1. The molecule has 0 atom stereocenters. The minimum Gasteiger partial charge on any atom is -0.381 e. The van der Waals surface area contributed by atoms with Gasteiger partial charge in [-0.25, -0.2) is 21.7 Å². The number of benzene rings is 6. The highest BCUT2D eigenvalue weighted by Crippen LogP contribution is 2.25. The van der Waals surface area contributed by atoms with Gasteiger partial charge in [0.05, 0.1) is 28.0 Å². The van der Waals surface area contributed by atoms with Crippen LogP contribution in [0.1, 0.15) is 62.9 Å². The molecule has 4 N–H and O–H groups in total. The van der Waals surface area contributed by atoms with E-state index in [1.807, 2.05) is 74.5 Å². The summed E-state index contributed by atoms with van der Waals surface area (Å²) in [6, 6.07) is 45.0. The lowest BCUT2D eigenvalue weighted by atomic mass is 10.1. The minimum atomic E-state index is -3.78. The Morgan fingerprint density at radius 1 is 0.578 bits per heavy atom. The van der Waals surface area contributed by atoms with Crippen molar-refractivity contribution in [3.63, 3.8) is 0 Å². The highest BCUT2D eigenvalue weighted by atomic mass is 32.2. The highest BCUT2D eigenvalue weighted by Gasteiger charge is 2.26. The first-order valence-electron chi connectivity index (χ1n) is 20.6. The van der Waals surface area contributed by atoms with Crippen molar-refractivity contribution < 1.29 is 21.6 Å². The second-order valence-electron chi connectivity index (χ2n) is 15.1. The van der Waals surface area contributed by atoms with Crippen LogP contribution in [0, 0.1) is 31.8 Å². The topological polar surface area (TPSA) is 164 Å². The van der Waals surface area contributed by atoms with Gasteiger partial charge in [0.2, 0.25) is 20.0 Å². The fourth-order valence-electron chi connectivity index (χ4n) is 6.67. The largest absolute Gasteiger partial charge is 0.381 e. The standard InChI is InChI=1S/C23H19N3O2S.C23H27N3O2S.C4H8O.B/c1-18-9-11-23(12-10-18)29(27,28)26(16-20-6-3-5-19(13-20)15-24)17-21-7-4-8-22(14-21)25-2;1-18-8-10-23(11-9-18)29(27,28)26(16-21-6-2-4-19(12-21)14-24)17-22-7-3-5-20(13-22)15-25;1-2-4-5-3-1;/h3-14H,16-17H2,1H3;2-13H,14-17,24-25H2,1H3;1-4H2;. The molecule has 6 aromatic rings. The fraction of sp³-hybridized carbons (Fsp3) is 0.240. The van der Waals surface area contributed by atoms with Gasteiger partial charge in [-0.2, -0.15) is 13.9 Å². The fourth-order valence-corrected chi connectivity index (χ4v) is 9.50. The maximum atomic E-state index is 13.4. The van der Waals surface area contributed by atoms with Crippen LogP contribution in [0.25, 0.3) is 4.85 Å². The van der Waals surface area contributed by atoms with Gasteiger partial charge in [-0.3, -0.25) is 0 Å². The van der Waals surface area contributed by atoms with Gasteiger partial charge in [0, 0.05) is 60.9 Å². The maximum absolute atomic E-state index is 13.4. The molecule has 329 valence electrons. The second-order valence-corrected chi connectivity index (χ2v) is 19.0. The van der Waals surface area contributed by atoms with Gasteiger partial charge < -0.3 is 16.2 Å². The molecule has 1 saturated heterocycles. The molecule has 1 aliphatic rings. The number of ether oxygens (including phenoxy) is 1. The van der Waals surface area contributed by atoms with Crippen LogP contribution in [-0.2, 0) is 64.1 Å². The molecule has 0 amide bonds. The van der Waals surface area contributed by atoms with Gasteiger partial charge in [0.15, 0.2) is 5.69 Å². The molecule has 7 rings (SSSR count). The number of nitrogens with zero attached hydrogens (tertiary/aromatic N) is 4. The van der Waals surface area contributed by atoms with E-state index in [0.717, 1.165) is 57.7 Å². The average molecular weight is 894 g/mol. The van der Waals surface area contributed by atoms with Crippen molar-refractivity contribution in [2.75, 3.05) is 13.2 Å². The van der Waals surface area contributed by atoms with Crippen molar-refractivity contribution in [2.45, 2.75) is 75.7 Å². The van der Waals surface area contributed by atoms with E-state index in [4.69, 9.17) is 28.0 Å². The van der Waals surface area contributed by atoms with Crippen LogP contribution in [0.2, 0.25) is 0 Å². The zero-order valence-electron chi connectivity index (χ0n) is 36.3. The van der Waals surface area contributed by atoms with Gasteiger partial charge >= 0.3 is 0 Å². The van der Waals surface area contributed by atoms with Crippen molar-refractivity contribution in [1.82, 2.24) is 8.61 Å². The van der Waals surface area contributed by atoms with E-state index >= 15 is 0 Å². The zero-order chi connectivity index (χ0) is 45.2. The quantitative estimate of drug-likeness (QED) is 0.0812. The molecule has 0 unspecified atom stereocenters. The first kappa shape index (κ1) is 50.7. The summed E-state index contributed by atoms with van der Waals surface area (Å²) in [6.45, 7) is 14.6. The Hall–Kier alpha value is -5.94. The summed E-state index contributed by atoms with van der Waals surface area (Å²) < 4.78 is 61.4. The summed E-state index contributed by atoms with van der Waals surface area (Å²) in [4.78, 5) is 3.92. The smallest absolute Gasteiger partial charge is 0.243 e. The molecule has 0 aliphatic carbocycles. The van der Waals surface area contributed by atoms with E-state index in [2.05, 4.69) is 10.9 Å². The number of sulfonamides is 2. The van der Waals surface area contributed by atoms with Gasteiger partial charge in [-0.15, -0.1) is 0 Å². The summed E-state index contributed by atoms with van der Waals surface area (Å²) in [5, 5.41) is 9.14. The van der Waals surface area contributed by atoms with E-state index in [1.165, 1.54) is 21.5 Å². The highest BCUT2D eigenvalue weighted by molar-refractivity contribution is 7.89. The summed E-state index contributed by atoms with van der Waals surface area (Å²) >= 11 is 0. The van der Waals surface area contributed by atoms with Gasteiger partial charge in [0.1, 0.15) is 0 Å². The van der Waals surface area contributed by atoms with E-state index in [1.54, 1.807) is 84.9 Å². The predicted octanol–water partition coefficient (Wildman–Crippen LogP) is 8.53. The van der Waals surface area contributed by atoms with Crippen LogP contribution >= 0.6 is 0 Å². The molecule has 64 heavy (non-hydrogen) atoms. The van der Waals surface area contributed by atoms with Crippen LogP contribution in [0.15, 0.2) is 155 Å². The van der Waals surface area contributed by atoms with Crippen LogP contribution in [0.3, 0.4) is 0 Å². The Morgan fingerprint density at radius 3 is 1.33 bits per heavy atom.